The van der Waals surface area contributed by atoms with Gasteiger partial charge in [0.2, 0.25) is 5.16 Å². The van der Waals surface area contributed by atoms with Crippen molar-refractivity contribution in [2.75, 3.05) is 5.75 Å². The van der Waals surface area contributed by atoms with E-state index in [-0.39, 0.29) is 11.5 Å². The van der Waals surface area contributed by atoms with Crippen LogP contribution in [-0.2, 0) is 13.2 Å². The molecule has 0 saturated heterocycles. The topological polar surface area (TPSA) is 85.9 Å². The normalized spacial score (nSPS) is 11.1. The molecule has 0 fully saturated rings. The first-order valence-electron chi connectivity index (χ1n) is 9.96. The van der Waals surface area contributed by atoms with Gasteiger partial charge in [-0.25, -0.2) is 4.98 Å². The van der Waals surface area contributed by atoms with Crippen LogP contribution in [0.15, 0.2) is 58.3 Å². The average Bonchev–Trinajstić information content (AvgIpc) is 3.50. The van der Waals surface area contributed by atoms with Crippen LogP contribution in [0.3, 0.4) is 0 Å². The zero-order valence-corrected chi connectivity index (χ0v) is 18.5. The number of aryl methyl sites for hydroxylation is 2. The molecule has 0 bridgehead atoms. The van der Waals surface area contributed by atoms with E-state index in [2.05, 4.69) is 19.7 Å². The number of thioether (sulfide) groups is 1. The zero-order valence-electron chi connectivity index (χ0n) is 17.7. The fourth-order valence-electron chi connectivity index (χ4n) is 3.36. The molecule has 160 valence electrons. The highest BCUT2D eigenvalue weighted by molar-refractivity contribution is 7.99. The highest BCUT2D eigenvalue weighted by Crippen LogP contribution is 2.22. The summed E-state index contributed by atoms with van der Waals surface area (Å²) in [5, 5.41) is 7.59. The molecule has 3 aromatic heterocycles. The van der Waals surface area contributed by atoms with Crippen LogP contribution in [0.4, 0.5) is 0 Å². The van der Waals surface area contributed by atoms with Gasteiger partial charge in [-0.15, -0.1) is 5.10 Å². The predicted molar refractivity (Wildman–Crippen MR) is 119 cm³/mol. The number of hydrogen-bond acceptors (Lipinski definition) is 6. The number of aromatic amines is 1. The second kappa shape index (κ2) is 9.26. The summed E-state index contributed by atoms with van der Waals surface area (Å²) in [5.74, 6) is 2.60. The third-order valence-electron chi connectivity index (χ3n) is 5.07. The van der Waals surface area contributed by atoms with Crippen molar-refractivity contribution in [1.82, 2.24) is 19.7 Å². The molecular weight excluding hydrogens is 412 g/mol. The standard InChI is InChI=1S/C23H24N4O3S/c1-15-7-4-5-9-21(15)30-13-22-24-23(26-25-22)31-14-20(28)19-11-16(2)27(17(19)3)12-18-8-6-10-29-18/h4-11H,12-14H2,1-3H3,(H,24,25,26). The van der Waals surface area contributed by atoms with Crippen LogP contribution in [0.1, 0.15) is 38.9 Å². The van der Waals surface area contributed by atoms with Crippen molar-refractivity contribution < 1.29 is 13.9 Å². The number of ether oxygens (including phenoxy) is 1. The fourth-order valence-corrected chi connectivity index (χ4v) is 4.06. The number of carbonyl (C=O) groups is 1. The summed E-state index contributed by atoms with van der Waals surface area (Å²) >= 11 is 1.31. The van der Waals surface area contributed by atoms with E-state index in [1.807, 2.05) is 63.2 Å². The summed E-state index contributed by atoms with van der Waals surface area (Å²) in [4.78, 5) is 17.2. The molecule has 8 heteroatoms. The number of hydrogen-bond donors (Lipinski definition) is 1. The third-order valence-corrected chi connectivity index (χ3v) is 5.92. The smallest absolute Gasteiger partial charge is 0.208 e. The van der Waals surface area contributed by atoms with Gasteiger partial charge in [-0.1, -0.05) is 30.0 Å². The Labute approximate surface area is 184 Å². The molecule has 4 rings (SSSR count). The molecule has 3 heterocycles. The Morgan fingerprint density at radius 1 is 1.19 bits per heavy atom. The lowest BCUT2D eigenvalue weighted by Gasteiger charge is -2.07. The molecule has 0 unspecified atom stereocenters. The molecule has 4 aromatic rings. The molecule has 0 radical (unpaired) electrons. The fraction of sp³-hybridized carbons (Fsp3) is 0.261. The molecular formula is C23H24N4O3S. The molecule has 0 amide bonds. The van der Waals surface area contributed by atoms with Crippen molar-refractivity contribution in [2.24, 2.45) is 0 Å². The first-order valence-corrected chi connectivity index (χ1v) is 10.9. The van der Waals surface area contributed by atoms with E-state index in [4.69, 9.17) is 9.15 Å². The van der Waals surface area contributed by atoms with E-state index in [1.165, 1.54) is 11.8 Å². The van der Waals surface area contributed by atoms with Crippen LogP contribution in [0.25, 0.3) is 0 Å². The molecule has 1 aromatic carbocycles. The Kier molecular flexibility index (Phi) is 6.27. The van der Waals surface area contributed by atoms with Crippen LogP contribution in [0, 0.1) is 20.8 Å². The zero-order chi connectivity index (χ0) is 21.8. The van der Waals surface area contributed by atoms with Crippen molar-refractivity contribution in [3.63, 3.8) is 0 Å². The summed E-state index contributed by atoms with van der Waals surface area (Å²) in [6, 6.07) is 13.5. The van der Waals surface area contributed by atoms with E-state index < -0.39 is 0 Å². The minimum atomic E-state index is 0.0475. The predicted octanol–water partition coefficient (Wildman–Crippen LogP) is 4.73. The number of rotatable bonds is 9. The second-order valence-electron chi connectivity index (χ2n) is 7.28. The Hall–Kier alpha value is -3.26. The lowest BCUT2D eigenvalue weighted by Crippen LogP contribution is -2.07. The van der Waals surface area contributed by atoms with Gasteiger partial charge in [0.25, 0.3) is 0 Å². The summed E-state index contributed by atoms with van der Waals surface area (Å²) in [6.45, 7) is 6.85. The summed E-state index contributed by atoms with van der Waals surface area (Å²) in [5.41, 5.74) is 3.74. The molecule has 1 N–H and O–H groups in total. The van der Waals surface area contributed by atoms with E-state index in [0.717, 1.165) is 34.0 Å². The number of aromatic nitrogens is 4. The quantitative estimate of drug-likeness (QED) is 0.302. The Morgan fingerprint density at radius 3 is 2.81 bits per heavy atom. The number of nitrogens with zero attached hydrogens (tertiary/aromatic N) is 3. The Balaban J connectivity index is 1.34. The Morgan fingerprint density at radius 2 is 2.03 bits per heavy atom. The number of nitrogens with one attached hydrogen (secondary N) is 1. The van der Waals surface area contributed by atoms with Gasteiger partial charge in [0, 0.05) is 17.0 Å². The number of para-hydroxylation sites is 1. The van der Waals surface area contributed by atoms with Gasteiger partial charge in [0.1, 0.15) is 18.1 Å². The molecule has 0 saturated carbocycles. The number of Topliss-reactive ketones (excluding diaryl/α,β-unsaturated/α-hetero) is 1. The van der Waals surface area contributed by atoms with Gasteiger partial charge >= 0.3 is 0 Å². The van der Waals surface area contributed by atoms with Crippen LogP contribution >= 0.6 is 11.8 Å². The number of H-pyrrole nitrogens is 1. The molecule has 0 atom stereocenters. The van der Waals surface area contributed by atoms with Crippen LogP contribution in [0.2, 0.25) is 0 Å². The molecule has 0 aliphatic heterocycles. The van der Waals surface area contributed by atoms with Crippen LogP contribution in [-0.4, -0.2) is 31.3 Å². The van der Waals surface area contributed by atoms with Crippen molar-refractivity contribution in [3.8, 4) is 5.75 Å². The first-order chi connectivity index (χ1) is 15.0. The maximum absolute atomic E-state index is 12.8. The molecule has 7 nitrogen and oxygen atoms in total. The van der Waals surface area contributed by atoms with Crippen molar-refractivity contribution in [2.45, 2.75) is 39.1 Å². The SMILES string of the molecule is Cc1ccccc1OCc1nc(SCC(=O)c2cc(C)n(Cc3ccco3)c2C)n[nH]1. The summed E-state index contributed by atoms with van der Waals surface area (Å²) in [6.07, 6.45) is 1.66. The molecule has 0 spiro atoms. The van der Waals surface area contributed by atoms with Crippen molar-refractivity contribution in [3.05, 3.63) is 82.8 Å². The molecule has 0 aliphatic rings. The summed E-state index contributed by atoms with van der Waals surface area (Å²) in [7, 11) is 0. The van der Waals surface area contributed by atoms with Crippen LogP contribution < -0.4 is 4.74 Å². The number of ketones is 1. The average molecular weight is 437 g/mol. The van der Waals surface area contributed by atoms with E-state index in [9.17, 15) is 4.79 Å². The highest BCUT2D eigenvalue weighted by atomic mass is 32.2. The number of furan rings is 1. The second-order valence-corrected chi connectivity index (χ2v) is 8.22. The van der Waals surface area contributed by atoms with Crippen LogP contribution in [0.5, 0.6) is 5.75 Å². The highest BCUT2D eigenvalue weighted by Gasteiger charge is 2.17. The van der Waals surface area contributed by atoms with E-state index >= 15 is 0 Å². The maximum Gasteiger partial charge on any atom is 0.208 e. The van der Waals surface area contributed by atoms with Gasteiger partial charge in [-0.3, -0.25) is 9.89 Å². The van der Waals surface area contributed by atoms with Gasteiger partial charge in [-0.05, 0) is 50.6 Å². The van der Waals surface area contributed by atoms with E-state index in [1.54, 1.807) is 6.26 Å². The number of carbonyl (C=O) groups excluding carboxylic acids is 1. The lowest BCUT2D eigenvalue weighted by molar-refractivity contribution is 0.102. The molecule has 31 heavy (non-hydrogen) atoms. The number of benzene rings is 1. The monoisotopic (exact) mass is 436 g/mol. The third kappa shape index (κ3) is 4.91. The van der Waals surface area contributed by atoms with Gasteiger partial charge in [0.15, 0.2) is 11.6 Å². The largest absolute Gasteiger partial charge is 0.485 e. The maximum atomic E-state index is 12.8. The van der Waals surface area contributed by atoms with Gasteiger partial charge in [0.05, 0.1) is 18.6 Å². The van der Waals surface area contributed by atoms with Gasteiger partial charge in [-0.2, -0.15) is 0 Å². The summed E-state index contributed by atoms with van der Waals surface area (Å²) < 4.78 is 13.3. The van der Waals surface area contributed by atoms with Gasteiger partial charge < -0.3 is 13.7 Å². The lowest BCUT2D eigenvalue weighted by atomic mass is 10.2. The van der Waals surface area contributed by atoms with Crippen molar-refractivity contribution >= 4 is 17.5 Å². The van der Waals surface area contributed by atoms with Crippen molar-refractivity contribution in [1.29, 1.82) is 0 Å². The Bertz CT molecular complexity index is 1180. The minimum Gasteiger partial charge on any atom is -0.485 e. The first kappa shape index (κ1) is 21.0. The molecule has 0 aliphatic carbocycles. The van der Waals surface area contributed by atoms with E-state index in [0.29, 0.717) is 24.1 Å². The minimum absolute atomic E-state index is 0.0475.